The Hall–Kier alpha value is -1.95. The van der Waals surface area contributed by atoms with Crippen LogP contribution >= 0.6 is 12.6 Å². The number of benzene rings is 1. The van der Waals surface area contributed by atoms with Gasteiger partial charge < -0.3 is 14.8 Å². The summed E-state index contributed by atoms with van der Waals surface area (Å²) in [5.41, 5.74) is 0.849. The zero-order valence-electron chi connectivity index (χ0n) is 11.3. The van der Waals surface area contributed by atoms with E-state index in [4.69, 9.17) is 4.74 Å². The fourth-order valence-electron chi connectivity index (χ4n) is 1.43. The van der Waals surface area contributed by atoms with Gasteiger partial charge in [-0.2, -0.15) is 12.6 Å². The van der Waals surface area contributed by atoms with Crippen LogP contribution in [0.2, 0.25) is 0 Å². The summed E-state index contributed by atoms with van der Waals surface area (Å²) in [6.07, 6.45) is 2.99. The number of hydrogen-bond donors (Lipinski definition) is 2. The molecule has 1 N–H and O–H groups in total. The van der Waals surface area contributed by atoms with E-state index in [2.05, 4.69) is 22.7 Å². The van der Waals surface area contributed by atoms with Crippen LogP contribution in [0.4, 0.5) is 0 Å². The van der Waals surface area contributed by atoms with E-state index in [1.807, 2.05) is 12.1 Å². The van der Waals surface area contributed by atoms with Crippen molar-refractivity contribution < 1.29 is 19.1 Å². The molecule has 0 unspecified atom stereocenters. The number of amides is 1. The van der Waals surface area contributed by atoms with Crippen LogP contribution in [0.25, 0.3) is 6.08 Å². The van der Waals surface area contributed by atoms with Crippen molar-refractivity contribution in [1.82, 2.24) is 5.32 Å². The number of methoxy groups -OCH3 is 2. The lowest BCUT2D eigenvalue weighted by atomic mass is 10.2. The van der Waals surface area contributed by atoms with Crippen molar-refractivity contribution in [2.45, 2.75) is 6.04 Å². The Balaban J connectivity index is 2.60. The molecule has 0 spiro atoms. The first-order valence-electron chi connectivity index (χ1n) is 5.92. The number of ether oxygens (including phenoxy) is 2. The van der Waals surface area contributed by atoms with Crippen LogP contribution in [0.5, 0.6) is 5.75 Å². The van der Waals surface area contributed by atoms with Crippen molar-refractivity contribution in [2.75, 3.05) is 20.0 Å². The van der Waals surface area contributed by atoms with Crippen molar-refractivity contribution in [3.63, 3.8) is 0 Å². The molecule has 0 heterocycles. The molecule has 20 heavy (non-hydrogen) atoms. The Kier molecular flexibility index (Phi) is 6.66. The third kappa shape index (κ3) is 4.97. The van der Waals surface area contributed by atoms with Crippen LogP contribution in [0.3, 0.4) is 0 Å². The quantitative estimate of drug-likeness (QED) is 0.472. The van der Waals surface area contributed by atoms with E-state index in [1.54, 1.807) is 25.3 Å². The van der Waals surface area contributed by atoms with Gasteiger partial charge >= 0.3 is 5.97 Å². The first-order chi connectivity index (χ1) is 9.60. The second-order valence-electron chi connectivity index (χ2n) is 3.87. The van der Waals surface area contributed by atoms with Gasteiger partial charge in [0.1, 0.15) is 11.8 Å². The summed E-state index contributed by atoms with van der Waals surface area (Å²) in [7, 11) is 2.85. The van der Waals surface area contributed by atoms with Gasteiger partial charge in [-0.05, 0) is 23.8 Å². The maximum atomic E-state index is 11.7. The van der Waals surface area contributed by atoms with Gasteiger partial charge in [0, 0.05) is 11.8 Å². The summed E-state index contributed by atoms with van der Waals surface area (Å²) in [5.74, 6) is 0.0123. The molecule has 1 atom stereocenters. The summed E-state index contributed by atoms with van der Waals surface area (Å²) < 4.78 is 9.59. The van der Waals surface area contributed by atoms with Gasteiger partial charge in [0.05, 0.1) is 14.2 Å². The van der Waals surface area contributed by atoms with Gasteiger partial charge in [0.15, 0.2) is 0 Å². The van der Waals surface area contributed by atoms with E-state index in [1.165, 1.54) is 13.2 Å². The van der Waals surface area contributed by atoms with Crippen molar-refractivity contribution in [3.8, 4) is 5.75 Å². The average molecular weight is 295 g/mol. The van der Waals surface area contributed by atoms with Gasteiger partial charge in [-0.15, -0.1) is 0 Å². The Morgan fingerprint density at radius 3 is 2.45 bits per heavy atom. The maximum absolute atomic E-state index is 11.7. The van der Waals surface area contributed by atoms with Gasteiger partial charge in [-0.1, -0.05) is 12.1 Å². The Labute approximate surface area is 123 Å². The molecule has 0 aromatic heterocycles. The van der Waals surface area contributed by atoms with E-state index < -0.39 is 12.0 Å². The third-order valence-corrected chi connectivity index (χ3v) is 2.89. The van der Waals surface area contributed by atoms with Crippen LogP contribution in [0.1, 0.15) is 5.56 Å². The first kappa shape index (κ1) is 16.1. The fraction of sp³-hybridized carbons (Fsp3) is 0.286. The van der Waals surface area contributed by atoms with Crippen LogP contribution in [-0.2, 0) is 14.3 Å². The molecule has 0 aliphatic heterocycles. The molecule has 0 fully saturated rings. The number of carbonyl (C=O) groups is 2. The van der Waals surface area contributed by atoms with Crippen LogP contribution < -0.4 is 10.1 Å². The molecule has 1 aromatic carbocycles. The van der Waals surface area contributed by atoms with Crippen molar-refractivity contribution >= 4 is 30.6 Å². The largest absolute Gasteiger partial charge is 0.497 e. The minimum Gasteiger partial charge on any atom is -0.497 e. The molecule has 0 aliphatic carbocycles. The molecule has 0 saturated carbocycles. The van der Waals surface area contributed by atoms with Crippen molar-refractivity contribution in [1.29, 1.82) is 0 Å². The number of rotatable bonds is 6. The van der Waals surface area contributed by atoms with Gasteiger partial charge in [0.25, 0.3) is 0 Å². The zero-order chi connectivity index (χ0) is 15.0. The molecule has 5 nitrogen and oxygen atoms in total. The normalized spacial score (nSPS) is 11.9. The molecule has 6 heteroatoms. The number of carbonyl (C=O) groups excluding carboxylic acids is 2. The van der Waals surface area contributed by atoms with E-state index in [-0.39, 0.29) is 11.7 Å². The molecule has 108 valence electrons. The van der Waals surface area contributed by atoms with E-state index in [0.29, 0.717) is 0 Å². The fourth-order valence-corrected chi connectivity index (χ4v) is 1.67. The molecule has 0 aliphatic rings. The second-order valence-corrected chi connectivity index (χ2v) is 4.24. The third-order valence-electron chi connectivity index (χ3n) is 2.53. The monoisotopic (exact) mass is 295 g/mol. The SMILES string of the molecule is COC(=O)[C@H](CS)NC(=O)/C=C/c1ccc(OC)cc1. The van der Waals surface area contributed by atoms with E-state index >= 15 is 0 Å². The van der Waals surface area contributed by atoms with Crippen molar-refractivity contribution in [3.05, 3.63) is 35.9 Å². The summed E-state index contributed by atoms with van der Waals surface area (Å²) in [6, 6.07) is 6.47. The van der Waals surface area contributed by atoms with Gasteiger partial charge in [-0.3, -0.25) is 4.79 Å². The van der Waals surface area contributed by atoms with E-state index in [0.717, 1.165) is 11.3 Å². The Bertz CT molecular complexity index is 484. The Morgan fingerprint density at radius 1 is 1.30 bits per heavy atom. The summed E-state index contributed by atoms with van der Waals surface area (Å²) >= 11 is 3.99. The van der Waals surface area contributed by atoms with Crippen molar-refractivity contribution in [2.24, 2.45) is 0 Å². The summed E-state index contributed by atoms with van der Waals surface area (Å²) in [5, 5.41) is 2.51. The number of hydrogen-bond acceptors (Lipinski definition) is 5. The molecule has 1 aromatic rings. The highest BCUT2D eigenvalue weighted by Gasteiger charge is 2.18. The summed E-state index contributed by atoms with van der Waals surface area (Å²) in [6.45, 7) is 0. The first-order valence-corrected chi connectivity index (χ1v) is 6.55. The average Bonchev–Trinajstić information content (AvgIpc) is 2.50. The second kappa shape index (κ2) is 8.27. The smallest absolute Gasteiger partial charge is 0.329 e. The summed E-state index contributed by atoms with van der Waals surface area (Å²) in [4.78, 5) is 23.0. The molecule has 0 bridgehead atoms. The lowest BCUT2D eigenvalue weighted by Gasteiger charge is -2.12. The van der Waals surface area contributed by atoms with Gasteiger partial charge in [-0.25, -0.2) is 4.79 Å². The lowest BCUT2D eigenvalue weighted by molar-refractivity contribution is -0.143. The predicted octanol–water partition coefficient (Wildman–Crippen LogP) is 1.30. The molecule has 0 saturated heterocycles. The molecule has 1 amide bonds. The predicted molar refractivity (Wildman–Crippen MR) is 79.8 cm³/mol. The molecular formula is C14H17NO4S. The highest BCUT2D eigenvalue weighted by atomic mass is 32.1. The number of thiol groups is 1. The van der Waals surface area contributed by atoms with Crippen LogP contribution in [0, 0.1) is 0 Å². The minimum atomic E-state index is -0.753. The lowest BCUT2D eigenvalue weighted by Crippen LogP contribution is -2.42. The topological polar surface area (TPSA) is 64.6 Å². The highest BCUT2D eigenvalue weighted by Crippen LogP contribution is 2.12. The van der Waals surface area contributed by atoms with Crippen LogP contribution in [-0.4, -0.2) is 37.9 Å². The standard InChI is InChI=1S/C14H17NO4S/c1-18-11-6-3-10(4-7-11)5-8-13(16)15-12(9-20)14(17)19-2/h3-8,12,20H,9H2,1-2H3,(H,15,16)/b8-5+/t12-/m0/s1. The van der Waals surface area contributed by atoms with Gasteiger partial charge in [0.2, 0.25) is 5.91 Å². The number of esters is 1. The highest BCUT2D eigenvalue weighted by molar-refractivity contribution is 7.80. The maximum Gasteiger partial charge on any atom is 0.329 e. The van der Waals surface area contributed by atoms with Crippen LogP contribution in [0.15, 0.2) is 30.3 Å². The van der Waals surface area contributed by atoms with E-state index in [9.17, 15) is 9.59 Å². The minimum absolute atomic E-state index is 0.175. The molecular weight excluding hydrogens is 278 g/mol. The number of nitrogens with one attached hydrogen (secondary N) is 1. The molecule has 0 radical (unpaired) electrons. The Morgan fingerprint density at radius 2 is 1.95 bits per heavy atom. The molecule has 1 rings (SSSR count). The zero-order valence-corrected chi connectivity index (χ0v) is 12.2.